The highest BCUT2D eigenvalue weighted by Gasteiger charge is 2.26. The quantitative estimate of drug-likeness (QED) is 0.476. The molecule has 1 amide bonds. The smallest absolute Gasteiger partial charge is 0.253 e. The van der Waals surface area contributed by atoms with E-state index in [0.29, 0.717) is 0 Å². The molecule has 0 heterocycles. The molecule has 1 unspecified atom stereocenters. The molecule has 2 aromatic carbocycles. The van der Waals surface area contributed by atoms with Gasteiger partial charge in [0.2, 0.25) is 5.75 Å². The minimum atomic E-state index is -3.43. The van der Waals surface area contributed by atoms with Crippen molar-refractivity contribution in [3.8, 4) is 17.2 Å². The fourth-order valence-corrected chi connectivity index (χ4v) is 4.11. The highest BCUT2D eigenvalue weighted by Crippen LogP contribution is 2.38. The summed E-state index contributed by atoms with van der Waals surface area (Å²) >= 11 is 0. The topological polar surface area (TPSA) is 82.1 Å². The van der Waals surface area contributed by atoms with Crippen molar-refractivity contribution in [1.29, 1.82) is 0 Å². The van der Waals surface area contributed by atoms with Gasteiger partial charge in [-0.1, -0.05) is 6.07 Å². The molecule has 0 saturated heterocycles. The number of amides is 1. The van der Waals surface area contributed by atoms with Crippen molar-refractivity contribution in [2.45, 2.75) is 12.3 Å². The molecular weight excluding hydrogens is 463 g/mol. The van der Waals surface area contributed by atoms with Gasteiger partial charge in [-0.3, -0.25) is 4.79 Å². The van der Waals surface area contributed by atoms with Crippen molar-refractivity contribution < 1.29 is 40.6 Å². The molecule has 0 radical (unpaired) electrons. The van der Waals surface area contributed by atoms with Crippen molar-refractivity contribution in [1.82, 2.24) is 4.90 Å². The van der Waals surface area contributed by atoms with Crippen LogP contribution in [0.3, 0.4) is 0 Å². The molecule has 0 bridgehead atoms. The van der Waals surface area contributed by atoms with E-state index in [1.807, 2.05) is 0 Å². The molecule has 2 rings (SSSR count). The number of rotatable bonds is 10. The summed E-state index contributed by atoms with van der Waals surface area (Å²) < 4.78 is 80.8. The van der Waals surface area contributed by atoms with Gasteiger partial charge in [0.25, 0.3) is 5.91 Å². The first kappa shape index (κ1) is 26.3. The lowest BCUT2D eigenvalue weighted by atomic mass is 9.94. The molecule has 0 aliphatic carbocycles. The number of carbonyl (C=O) groups is 1. The number of likely N-dealkylation sites (N-methyl/N-ethyl adjacent to an activating group) is 1. The summed E-state index contributed by atoms with van der Waals surface area (Å²) in [4.78, 5) is 14.3. The van der Waals surface area contributed by atoms with Gasteiger partial charge in [0.15, 0.2) is 29.0 Å². The van der Waals surface area contributed by atoms with E-state index in [1.165, 1.54) is 45.4 Å². The first-order chi connectivity index (χ1) is 15.4. The SMILES string of the molecule is COc1cc(C(=O)N(C)CC(CCS(C)(=O)=O)c2ccc(F)c(F)c2F)cc(OC)c1OC. The Bertz CT molecular complexity index is 1100. The molecule has 0 aliphatic heterocycles. The Labute approximate surface area is 191 Å². The third-order valence-electron chi connectivity index (χ3n) is 5.09. The average Bonchev–Trinajstić information content (AvgIpc) is 2.78. The molecule has 182 valence electrons. The molecule has 0 aliphatic rings. The van der Waals surface area contributed by atoms with E-state index in [-0.39, 0.29) is 47.1 Å². The van der Waals surface area contributed by atoms with Crippen molar-refractivity contribution in [2.24, 2.45) is 0 Å². The van der Waals surface area contributed by atoms with Crippen molar-refractivity contribution in [2.75, 3.05) is 46.9 Å². The van der Waals surface area contributed by atoms with Gasteiger partial charge in [-0.2, -0.15) is 0 Å². The number of ether oxygens (including phenoxy) is 3. The number of methoxy groups -OCH3 is 3. The molecule has 0 saturated carbocycles. The Balaban J connectivity index is 2.40. The van der Waals surface area contributed by atoms with Crippen LogP contribution in [0.5, 0.6) is 17.2 Å². The predicted molar refractivity (Wildman–Crippen MR) is 116 cm³/mol. The first-order valence-corrected chi connectivity index (χ1v) is 11.9. The zero-order chi connectivity index (χ0) is 24.9. The summed E-state index contributed by atoms with van der Waals surface area (Å²) in [5.41, 5.74) is -0.0540. The predicted octanol–water partition coefficient (Wildman–Crippen LogP) is 3.42. The van der Waals surface area contributed by atoms with Crippen LogP contribution in [-0.4, -0.2) is 66.2 Å². The summed E-state index contributed by atoms with van der Waals surface area (Å²) in [6, 6.07) is 4.69. The van der Waals surface area contributed by atoms with Gasteiger partial charge in [0.05, 0.1) is 27.1 Å². The van der Waals surface area contributed by atoms with E-state index in [9.17, 15) is 26.4 Å². The molecule has 0 aromatic heterocycles. The number of halogens is 3. The number of hydrogen-bond acceptors (Lipinski definition) is 6. The Kier molecular flexibility index (Phi) is 8.59. The summed E-state index contributed by atoms with van der Waals surface area (Å²) in [5.74, 6) is -5.41. The van der Waals surface area contributed by atoms with Crippen LogP contribution in [0.1, 0.15) is 28.3 Å². The second-order valence-corrected chi connectivity index (χ2v) is 9.74. The maximum atomic E-state index is 14.5. The lowest BCUT2D eigenvalue weighted by molar-refractivity contribution is 0.0784. The largest absolute Gasteiger partial charge is 0.493 e. The molecular formula is C22H26F3NO6S. The second-order valence-electron chi connectivity index (χ2n) is 7.48. The van der Waals surface area contributed by atoms with Crippen LogP contribution >= 0.6 is 0 Å². The van der Waals surface area contributed by atoms with Crippen LogP contribution in [0, 0.1) is 17.5 Å². The van der Waals surface area contributed by atoms with Gasteiger partial charge in [-0.05, 0) is 30.2 Å². The Morgan fingerprint density at radius 3 is 2.06 bits per heavy atom. The Morgan fingerprint density at radius 2 is 1.58 bits per heavy atom. The van der Waals surface area contributed by atoms with E-state index in [0.717, 1.165) is 18.4 Å². The fraction of sp³-hybridized carbons (Fsp3) is 0.409. The third kappa shape index (κ3) is 6.31. The molecule has 2 aromatic rings. The minimum Gasteiger partial charge on any atom is -0.493 e. The Morgan fingerprint density at radius 1 is 1.00 bits per heavy atom. The van der Waals surface area contributed by atoms with E-state index in [2.05, 4.69) is 0 Å². The standard InChI is InChI=1S/C22H26F3NO6S/c1-26(22(27)14-10-17(30-2)21(32-4)18(11-14)31-3)12-13(8-9-33(5,28)29)15-6-7-16(23)20(25)19(15)24/h6-7,10-11,13H,8-9,12H2,1-5H3. The summed E-state index contributed by atoms with van der Waals surface area (Å²) in [6.07, 6.45) is 0.907. The maximum absolute atomic E-state index is 14.5. The van der Waals surface area contributed by atoms with E-state index in [1.54, 1.807) is 0 Å². The molecule has 0 fully saturated rings. The fourth-order valence-electron chi connectivity index (χ4n) is 3.40. The van der Waals surface area contributed by atoms with Gasteiger partial charge in [0, 0.05) is 31.3 Å². The van der Waals surface area contributed by atoms with Crippen LogP contribution in [0.2, 0.25) is 0 Å². The van der Waals surface area contributed by atoms with Gasteiger partial charge in [-0.25, -0.2) is 21.6 Å². The number of nitrogens with zero attached hydrogens (tertiary/aromatic N) is 1. The molecule has 33 heavy (non-hydrogen) atoms. The highest BCUT2D eigenvalue weighted by atomic mass is 32.2. The van der Waals surface area contributed by atoms with Crippen LogP contribution in [0.25, 0.3) is 0 Å². The van der Waals surface area contributed by atoms with Crippen LogP contribution in [0.15, 0.2) is 24.3 Å². The zero-order valence-electron chi connectivity index (χ0n) is 18.9. The summed E-state index contributed by atoms with van der Waals surface area (Å²) in [5, 5.41) is 0. The van der Waals surface area contributed by atoms with Crippen molar-refractivity contribution >= 4 is 15.7 Å². The van der Waals surface area contributed by atoms with Gasteiger partial charge in [-0.15, -0.1) is 0 Å². The average molecular weight is 490 g/mol. The highest BCUT2D eigenvalue weighted by molar-refractivity contribution is 7.90. The van der Waals surface area contributed by atoms with E-state index in [4.69, 9.17) is 14.2 Å². The van der Waals surface area contributed by atoms with Gasteiger partial charge >= 0.3 is 0 Å². The normalized spacial score (nSPS) is 12.2. The molecule has 7 nitrogen and oxygen atoms in total. The van der Waals surface area contributed by atoms with Gasteiger partial charge in [0.1, 0.15) is 9.84 Å². The molecule has 1 atom stereocenters. The molecule has 0 N–H and O–H groups in total. The lowest BCUT2D eigenvalue weighted by Crippen LogP contribution is -2.32. The summed E-state index contributed by atoms with van der Waals surface area (Å²) in [6.45, 7) is -0.160. The lowest BCUT2D eigenvalue weighted by Gasteiger charge is -2.25. The maximum Gasteiger partial charge on any atom is 0.253 e. The van der Waals surface area contributed by atoms with E-state index < -0.39 is 39.1 Å². The van der Waals surface area contributed by atoms with E-state index >= 15 is 0 Å². The number of benzene rings is 2. The van der Waals surface area contributed by atoms with Crippen LogP contribution < -0.4 is 14.2 Å². The number of carbonyl (C=O) groups excluding carboxylic acids is 1. The Hall–Kier alpha value is -2.95. The number of hydrogen-bond donors (Lipinski definition) is 0. The van der Waals surface area contributed by atoms with Crippen LogP contribution in [-0.2, 0) is 9.84 Å². The summed E-state index contributed by atoms with van der Waals surface area (Å²) in [7, 11) is 2.19. The van der Waals surface area contributed by atoms with Crippen molar-refractivity contribution in [3.05, 3.63) is 52.8 Å². The minimum absolute atomic E-state index is 0.103. The molecule has 0 spiro atoms. The van der Waals surface area contributed by atoms with Gasteiger partial charge < -0.3 is 19.1 Å². The second kappa shape index (κ2) is 10.8. The number of sulfone groups is 1. The third-order valence-corrected chi connectivity index (χ3v) is 6.07. The van der Waals surface area contributed by atoms with Crippen molar-refractivity contribution in [3.63, 3.8) is 0 Å². The molecule has 11 heteroatoms. The van der Waals surface area contributed by atoms with Crippen LogP contribution in [0.4, 0.5) is 13.2 Å². The first-order valence-electron chi connectivity index (χ1n) is 9.80. The monoisotopic (exact) mass is 489 g/mol. The zero-order valence-corrected chi connectivity index (χ0v) is 19.8.